The molecule has 5 rings (SSSR count). The smallest absolute Gasteiger partial charge is 0.232 e. The number of carboxylic acid groups (broad SMARTS) is 3. The average molecular weight is 675 g/mol. The van der Waals surface area contributed by atoms with E-state index in [0.717, 1.165) is 5.56 Å². The summed E-state index contributed by atoms with van der Waals surface area (Å²) in [7, 11) is 0. The highest BCUT2D eigenvalue weighted by Gasteiger charge is 2.20. The topological polar surface area (TPSA) is 194 Å². The number of aromatic nitrogens is 3. The third-order valence-corrected chi connectivity index (χ3v) is 8.64. The number of carboxylic acids is 3. The van der Waals surface area contributed by atoms with E-state index in [-0.39, 0.29) is 62.4 Å². The van der Waals surface area contributed by atoms with E-state index >= 15 is 0 Å². The molecule has 4 aromatic rings. The summed E-state index contributed by atoms with van der Waals surface area (Å²) in [6.07, 6.45) is 1.74. The molecule has 1 aliphatic rings. The summed E-state index contributed by atoms with van der Waals surface area (Å²) in [5, 5.41) is 39.8. The number of carbonyl (C=O) groups excluding carboxylic acids is 3. The van der Waals surface area contributed by atoms with Crippen LogP contribution in [-0.4, -0.2) is 124 Å². The quantitative estimate of drug-likeness (QED) is 0.174. The van der Waals surface area contributed by atoms with E-state index in [1.165, 1.54) is 0 Å². The number of aliphatic carboxylic acids is 3. The van der Waals surface area contributed by atoms with Gasteiger partial charge in [0.2, 0.25) is 11.1 Å². The third kappa shape index (κ3) is 9.47. The van der Waals surface area contributed by atoms with Gasteiger partial charge in [0, 0.05) is 84.7 Å². The molecular weight excluding hydrogens is 634 g/mol. The Labute approximate surface area is 282 Å². The summed E-state index contributed by atoms with van der Waals surface area (Å²) in [5.74, 6) is -3.32. The molecule has 1 aromatic carbocycles. The number of benzene rings is 1. The van der Waals surface area contributed by atoms with Gasteiger partial charge in [0.15, 0.2) is 5.82 Å². The van der Waals surface area contributed by atoms with Crippen LogP contribution in [0.5, 0.6) is 0 Å². The van der Waals surface area contributed by atoms with Gasteiger partial charge in [0.1, 0.15) is 5.58 Å². The molecule has 262 valence electrons. The zero-order valence-corrected chi connectivity index (χ0v) is 27.9. The largest absolute Gasteiger partial charge is 0.549 e. The van der Waals surface area contributed by atoms with Gasteiger partial charge in [-0.3, -0.25) is 24.4 Å². The second-order valence-electron chi connectivity index (χ2n) is 13.4. The first-order valence-electron chi connectivity index (χ1n) is 16.2. The van der Waals surface area contributed by atoms with Gasteiger partial charge >= 0.3 is 0 Å². The number of rotatable bonds is 9. The molecule has 1 saturated heterocycles. The molecule has 15 heteroatoms. The highest BCUT2D eigenvalue weighted by molar-refractivity contribution is 5.88. The lowest BCUT2D eigenvalue weighted by Crippen LogP contribution is -2.51. The molecule has 0 saturated carbocycles. The predicted octanol–water partition coefficient (Wildman–Crippen LogP) is -2.20. The number of fused-ring (bicyclic) bond motifs is 2. The van der Waals surface area contributed by atoms with Crippen molar-refractivity contribution >= 4 is 40.0 Å². The summed E-state index contributed by atoms with van der Waals surface area (Å²) in [5.41, 5.74) is 2.05. The predicted molar refractivity (Wildman–Crippen MR) is 173 cm³/mol. The first kappa shape index (κ1) is 35.6. The van der Waals surface area contributed by atoms with Crippen LogP contribution >= 0.6 is 0 Å². The molecule has 0 spiro atoms. The molecule has 0 amide bonds. The summed E-state index contributed by atoms with van der Waals surface area (Å²) < 4.78 is 7.63. The van der Waals surface area contributed by atoms with E-state index in [1.54, 1.807) is 43.8 Å². The van der Waals surface area contributed by atoms with Crippen LogP contribution in [0.4, 0.5) is 0 Å². The number of pyridine rings is 1. The van der Waals surface area contributed by atoms with E-state index in [9.17, 15) is 34.5 Å². The van der Waals surface area contributed by atoms with Gasteiger partial charge in [-0.1, -0.05) is 26.8 Å². The molecule has 4 heterocycles. The van der Waals surface area contributed by atoms with Gasteiger partial charge in [-0.05, 0) is 41.3 Å². The van der Waals surface area contributed by atoms with Crippen molar-refractivity contribution in [3.05, 3.63) is 64.1 Å². The number of hydrogen-bond acceptors (Lipinski definition) is 14. The van der Waals surface area contributed by atoms with Crippen molar-refractivity contribution in [2.75, 3.05) is 72.0 Å². The molecule has 15 nitrogen and oxygen atoms in total. The number of nitrogens with zero attached hydrogens (tertiary/aromatic N) is 7. The van der Waals surface area contributed by atoms with Crippen molar-refractivity contribution in [3.8, 4) is 5.82 Å². The van der Waals surface area contributed by atoms with Crippen LogP contribution in [0.15, 0.2) is 51.8 Å². The van der Waals surface area contributed by atoms with Crippen LogP contribution in [0.3, 0.4) is 0 Å². The van der Waals surface area contributed by atoms with Crippen molar-refractivity contribution in [2.45, 2.75) is 32.7 Å². The van der Waals surface area contributed by atoms with Crippen molar-refractivity contribution < 1.29 is 34.1 Å². The normalized spacial score (nSPS) is 16.8. The molecule has 0 N–H and O–H groups in total. The van der Waals surface area contributed by atoms with Crippen LogP contribution in [0.2, 0.25) is 0 Å². The Kier molecular flexibility index (Phi) is 11.1. The van der Waals surface area contributed by atoms with Gasteiger partial charge in [-0.2, -0.15) is 10.1 Å². The fourth-order valence-corrected chi connectivity index (χ4v) is 5.88. The SMILES string of the molecule is CC(C)(C)c1ccc2oc3nc(-n4ccc(CN5CCN(CC(=O)[O-])CCN(CC(=O)[O-])CCN(CC(=O)[O-])CC5)n4)ccc3c(=O)c2c1. The maximum atomic E-state index is 13.4. The van der Waals surface area contributed by atoms with E-state index in [1.807, 2.05) is 23.1 Å². The molecule has 0 bridgehead atoms. The molecule has 1 fully saturated rings. The zero-order valence-electron chi connectivity index (χ0n) is 27.9. The minimum Gasteiger partial charge on any atom is -0.549 e. The lowest BCUT2D eigenvalue weighted by molar-refractivity contribution is -0.308. The zero-order chi connectivity index (χ0) is 35.3. The Hall–Kier alpha value is -4.70. The highest BCUT2D eigenvalue weighted by atomic mass is 16.4. The Morgan fingerprint density at radius 3 is 1.78 bits per heavy atom. The Bertz CT molecular complexity index is 1850. The second-order valence-corrected chi connectivity index (χ2v) is 13.4. The molecule has 0 radical (unpaired) electrons. The number of hydrogen-bond donors (Lipinski definition) is 0. The standard InChI is InChI=1S/C34H43N7O8/c1-34(2,3)23-4-6-27-26(18-23)32(48)25-5-7-28(35-33(25)49-27)41-9-8-24(36-41)19-37-10-12-38(20-29(42)43)14-16-40(22-31(46)47)17-15-39(13-11-37)21-30(44)45/h4-9,18H,10-17,19-22H2,1-3H3,(H,42,43)(H,44,45)(H,46,47)/p-3. The average Bonchev–Trinajstić information content (AvgIpc) is 3.49. The van der Waals surface area contributed by atoms with E-state index < -0.39 is 17.9 Å². The maximum absolute atomic E-state index is 13.4. The minimum absolute atomic E-state index is 0.132. The van der Waals surface area contributed by atoms with Crippen molar-refractivity contribution in [2.24, 2.45) is 0 Å². The molecular formula is C34H40N7O8-3. The summed E-state index contributed by atoms with van der Waals surface area (Å²) >= 11 is 0. The summed E-state index contributed by atoms with van der Waals surface area (Å²) in [6.45, 7) is 8.14. The first-order chi connectivity index (χ1) is 23.2. The van der Waals surface area contributed by atoms with Crippen molar-refractivity contribution in [1.29, 1.82) is 0 Å². The lowest BCUT2D eigenvalue weighted by Gasteiger charge is -2.34. The summed E-state index contributed by atoms with van der Waals surface area (Å²) in [4.78, 5) is 59.2. The summed E-state index contributed by atoms with van der Waals surface area (Å²) in [6, 6.07) is 10.8. The minimum atomic E-state index is -1.28. The molecule has 3 aromatic heterocycles. The number of carbonyl (C=O) groups is 3. The molecule has 0 atom stereocenters. The monoisotopic (exact) mass is 674 g/mol. The highest BCUT2D eigenvalue weighted by Crippen LogP contribution is 2.26. The molecule has 49 heavy (non-hydrogen) atoms. The Morgan fingerprint density at radius 1 is 0.735 bits per heavy atom. The Balaban J connectivity index is 1.35. The van der Waals surface area contributed by atoms with E-state index in [0.29, 0.717) is 60.6 Å². The fraction of sp³-hybridized carbons (Fsp3) is 0.471. The van der Waals surface area contributed by atoms with E-state index in [4.69, 9.17) is 9.52 Å². The van der Waals surface area contributed by atoms with Crippen LogP contribution in [0.25, 0.3) is 27.9 Å². The van der Waals surface area contributed by atoms with Crippen LogP contribution in [0.1, 0.15) is 32.0 Å². The van der Waals surface area contributed by atoms with Gasteiger partial charge in [-0.15, -0.1) is 0 Å². The van der Waals surface area contributed by atoms with Crippen LogP contribution < -0.4 is 20.7 Å². The fourth-order valence-electron chi connectivity index (χ4n) is 5.88. The Morgan fingerprint density at radius 2 is 1.27 bits per heavy atom. The lowest BCUT2D eigenvalue weighted by atomic mass is 9.86. The van der Waals surface area contributed by atoms with Gasteiger partial charge < -0.3 is 34.1 Å². The van der Waals surface area contributed by atoms with Gasteiger partial charge in [-0.25, -0.2) is 4.68 Å². The molecule has 0 unspecified atom stereocenters. The maximum Gasteiger partial charge on any atom is 0.232 e. The van der Waals surface area contributed by atoms with Crippen molar-refractivity contribution in [3.63, 3.8) is 0 Å². The van der Waals surface area contributed by atoms with Crippen LogP contribution in [-0.2, 0) is 26.3 Å². The first-order valence-corrected chi connectivity index (χ1v) is 16.2. The van der Waals surface area contributed by atoms with E-state index in [2.05, 4.69) is 25.8 Å². The van der Waals surface area contributed by atoms with Crippen molar-refractivity contribution in [1.82, 2.24) is 34.4 Å². The molecule has 1 aliphatic heterocycles. The van der Waals surface area contributed by atoms with Crippen LogP contribution in [0, 0.1) is 0 Å². The second kappa shape index (κ2) is 15.2. The van der Waals surface area contributed by atoms with Gasteiger partial charge in [0.05, 0.1) is 34.4 Å². The van der Waals surface area contributed by atoms with Gasteiger partial charge in [0.25, 0.3) is 0 Å². The molecule has 0 aliphatic carbocycles. The third-order valence-electron chi connectivity index (χ3n) is 8.64.